The number of rotatable bonds is 5. The lowest BCUT2D eigenvalue weighted by atomic mass is 10.2. The summed E-state index contributed by atoms with van der Waals surface area (Å²) in [6.07, 6.45) is 0.229. The fraction of sp³-hybridized carbons (Fsp3) is 0.188. The van der Waals surface area contributed by atoms with Gasteiger partial charge in [-0.05, 0) is 31.2 Å². The van der Waals surface area contributed by atoms with Crippen LogP contribution in [0.15, 0.2) is 42.5 Å². The van der Waals surface area contributed by atoms with E-state index in [2.05, 4.69) is 10.6 Å². The highest BCUT2D eigenvalue weighted by Gasteiger charge is 2.06. The second kappa shape index (κ2) is 6.83. The highest BCUT2D eigenvalue weighted by Crippen LogP contribution is 2.13. The summed E-state index contributed by atoms with van der Waals surface area (Å²) in [7, 11) is 0. The second-order valence-corrected chi connectivity index (χ2v) is 4.72. The van der Waals surface area contributed by atoms with Crippen molar-refractivity contribution >= 4 is 17.3 Å². The van der Waals surface area contributed by atoms with Gasteiger partial charge in [0.25, 0.3) is 0 Å². The van der Waals surface area contributed by atoms with Crippen LogP contribution in [0.25, 0.3) is 0 Å². The zero-order valence-corrected chi connectivity index (χ0v) is 11.6. The molecule has 0 radical (unpaired) electrons. The Labute approximate surface area is 122 Å². The first-order chi connectivity index (χ1) is 10.0. The maximum atomic E-state index is 13.0. The first kappa shape index (κ1) is 15.0. The summed E-state index contributed by atoms with van der Waals surface area (Å²) in [6.45, 7) is 2.46. The van der Waals surface area contributed by atoms with Gasteiger partial charge in [0.15, 0.2) is 11.6 Å². The predicted molar refractivity (Wildman–Crippen MR) is 79.3 cm³/mol. The molecule has 0 saturated carbocycles. The van der Waals surface area contributed by atoms with E-state index < -0.39 is 11.6 Å². The third-order valence-corrected chi connectivity index (χ3v) is 2.94. The summed E-state index contributed by atoms with van der Waals surface area (Å²) in [5, 5.41) is 5.63. The summed E-state index contributed by atoms with van der Waals surface area (Å²) in [6, 6.07) is 11.1. The average molecular weight is 290 g/mol. The summed E-state index contributed by atoms with van der Waals surface area (Å²) < 4.78 is 25.8. The molecule has 110 valence electrons. The van der Waals surface area contributed by atoms with Gasteiger partial charge in [0.2, 0.25) is 5.91 Å². The van der Waals surface area contributed by atoms with Crippen molar-refractivity contribution in [1.29, 1.82) is 0 Å². The minimum Gasteiger partial charge on any atom is -0.385 e. The largest absolute Gasteiger partial charge is 0.385 e. The number of benzene rings is 2. The average Bonchev–Trinajstić information content (AvgIpc) is 2.45. The molecule has 1 amide bonds. The van der Waals surface area contributed by atoms with Crippen LogP contribution in [0.2, 0.25) is 0 Å². The molecule has 3 nitrogen and oxygen atoms in total. The van der Waals surface area contributed by atoms with Gasteiger partial charge in [0, 0.05) is 30.4 Å². The van der Waals surface area contributed by atoms with Gasteiger partial charge in [0.1, 0.15) is 0 Å². The highest BCUT2D eigenvalue weighted by molar-refractivity contribution is 5.90. The number of hydrogen-bond donors (Lipinski definition) is 2. The highest BCUT2D eigenvalue weighted by atomic mass is 19.2. The van der Waals surface area contributed by atoms with Crippen molar-refractivity contribution < 1.29 is 13.6 Å². The third-order valence-electron chi connectivity index (χ3n) is 2.94. The van der Waals surface area contributed by atoms with E-state index in [1.807, 2.05) is 31.2 Å². The molecule has 2 rings (SSSR count). The lowest BCUT2D eigenvalue weighted by Gasteiger charge is -2.08. The van der Waals surface area contributed by atoms with Gasteiger partial charge >= 0.3 is 0 Å². The van der Waals surface area contributed by atoms with E-state index in [0.717, 1.165) is 23.4 Å². The Hall–Kier alpha value is -2.43. The summed E-state index contributed by atoms with van der Waals surface area (Å²) in [5.74, 6) is -2.18. The summed E-state index contributed by atoms with van der Waals surface area (Å²) in [4.78, 5) is 11.7. The van der Waals surface area contributed by atoms with Crippen LogP contribution in [0.1, 0.15) is 12.0 Å². The number of aryl methyl sites for hydroxylation is 1. The molecule has 21 heavy (non-hydrogen) atoms. The van der Waals surface area contributed by atoms with Gasteiger partial charge in [-0.15, -0.1) is 0 Å². The standard InChI is InChI=1S/C16H16F2N2O/c1-11-2-4-12(5-3-11)19-9-8-16(21)20-13-6-7-14(17)15(18)10-13/h2-7,10,19H,8-9H2,1H3,(H,20,21). The molecule has 0 fully saturated rings. The molecule has 0 saturated heterocycles. The maximum Gasteiger partial charge on any atom is 0.226 e. The first-order valence-electron chi connectivity index (χ1n) is 6.60. The second-order valence-electron chi connectivity index (χ2n) is 4.72. The van der Waals surface area contributed by atoms with Crippen LogP contribution in [0.3, 0.4) is 0 Å². The Balaban J connectivity index is 1.79. The molecule has 0 aliphatic heterocycles. The van der Waals surface area contributed by atoms with Crippen molar-refractivity contribution in [2.45, 2.75) is 13.3 Å². The van der Waals surface area contributed by atoms with Crippen LogP contribution in [0.4, 0.5) is 20.2 Å². The number of carbonyl (C=O) groups excluding carboxylic acids is 1. The van der Waals surface area contributed by atoms with Crippen LogP contribution in [0, 0.1) is 18.6 Å². The van der Waals surface area contributed by atoms with Gasteiger partial charge in [-0.3, -0.25) is 4.79 Å². The minimum absolute atomic E-state index is 0.229. The van der Waals surface area contributed by atoms with E-state index in [1.165, 1.54) is 6.07 Å². The molecule has 0 aliphatic carbocycles. The van der Waals surface area contributed by atoms with Gasteiger partial charge in [-0.2, -0.15) is 0 Å². The Morgan fingerprint density at radius 3 is 2.33 bits per heavy atom. The van der Waals surface area contributed by atoms with Crippen LogP contribution in [-0.2, 0) is 4.79 Å². The molecule has 0 bridgehead atoms. The van der Waals surface area contributed by atoms with E-state index in [4.69, 9.17) is 0 Å². The molecule has 0 aliphatic rings. The molecule has 0 heterocycles. The minimum atomic E-state index is -0.981. The van der Waals surface area contributed by atoms with Crippen molar-refractivity contribution in [2.75, 3.05) is 17.2 Å². The smallest absolute Gasteiger partial charge is 0.226 e. The third kappa shape index (κ3) is 4.56. The van der Waals surface area contributed by atoms with Gasteiger partial charge in [0.05, 0.1) is 0 Å². The van der Waals surface area contributed by atoms with Crippen molar-refractivity contribution in [3.05, 3.63) is 59.7 Å². The Bertz CT molecular complexity index is 627. The van der Waals surface area contributed by atoms with Crippen molar-refractivity contribution in [3.63, 3.8) is 0 Å². The van der Waals surface area contributed by atoms with Crippen molar-refractivity contribution in [2.24, 2.45) is 0 Å². The number of amides is 1. The number of anilines is 2. The molecular weight excluding hydrogens is 274 g/mol. The molecule has 0 aromatic heterocycles. The molecule has 2 aromatic carbocycles. The van der Waals surface area contributed by atoms with E-state index in [1.54, 1.807) is 0 Å². The zero-order chi connectivity index (χ0) is 15.2. The number of carbonyl (C=O) groups is 1. The SMILES string of the molecule is Cc1ccc(NCCC(=O)Nc2ccc(F)c(F)c2)cc1. The summed E-state index contributed by atoms with van der Waals surface area (Å²) in [5.41, 5.74) is 2.34. The zero-order valence-electron chi connectivity index (χ0n) is 11.6. The lowest BCUT2D eigenvalue weighted by Crippen LogP contribution is -2.16. The fourth-order valence-corrected chi connectivity index (χ4v) is 1.79. The van der Waals surface area contributed by atoms with E-state index in [0.29, 0.717) is 6.54 Å². The maximum absolute atomic E-state index is 13.0. The predicted octanol–water partition coefficient (Wildman–Crippen LogP) is 3.71. The molecular formula is C16H16F2N2O. The number of halogens is 2. The summed E-state index contributed by atoms with van der Waals surface area (Å²) >= 11 is 0. The Morgan fingerprint density at radius 2 is 1.67 bits per heavy atom. The molecule has 5 heteroatoms. The van der Waals surface area contributed by atoms with Gasteiger partial charge < -0.3 is 10.6 Å². The number of nitrogens with one attached hydrogen (secondary N) is 2. The molecule has 0 spiro atoms. The van der Waals surface area contributed by atoms with E-state index in [-0.39, 0.29) is 18.0 Å². The normalized spacial score (nSPS) is 10.2. The van der Waals surface area contributed by atoms with Crippen LogP contribution in [-0.4, -0.2) is 12.5 Å². The van der Waals surface area contributed by atoms with Crippen LogP contribution < -0.4 is 10.6 Å². The van der Waals surface area contributed by atoms with Gasteiger partial charge in [-0.25, -0.2) is 8.78 Å². The van der Waals surface area contributed by atoms with Gasteiger partial charge in [-0.1, -0.05) is 17.7 Å². The molecule has 2 N–H and O–H groups in total. The van der Waals surface area contributed by atoms with Crippen molar-refractivity contribution in [3.8, 4) is 0 Å². The van der Waals surface area contributed by atoms with Crippen LogP contribution >= 0.6 is 0 Å². The Morgan fingerprint density at radius 1 is 1.00 bits per heavy atom. The molecule has 2 aromatic rings. The quantitative estimate of drug-likeness (QED) is 0.881. The van der Waals surface area contributed by atoms with E-state index in [9.17, 15) is 13.6 Å². The topological polar surface area (TPSA) is 41.1 Å². The van der Waals surface area contributed by atoms with E-state index >= 15 is 0 Å². The van der Waals surface area contributed by atoms with Crippen LogP contribution in [0.5, 0.6) is 0 Å². The number of hydrogen-bond acceptors (Lipinski definition) is 2. The monoisotopic (exact) mass is 290 g/mol. The molecule has 0 unspecified atom stereocenters. The Kier molecular flexibility index (Phi) is 4.87. The molecule has 0 atom stereocenters. The first-order valence-corrected chi connectivity index (χ1v) is 6.60. The van der Waals surface area contributed by atoms with Crippen molar-refractivity contribution in [1.82, 2.24) is 0 Å². The lowest BCUT2D eigenvalue weighted by molar-refractivity contribution is -0.115. The fourth-order valence-electron chi connectivity index (χ4n) is 1.79.